The first-order chi connectivity index (χ1) is 10.6. The van der Waals surface area contributed by atoms with Gasteiger partial charge in [0.1, 0.15) is 5.82 Å². The first kappa shape index (κ1) is 15.4. The predicted molar refractivity (Wildman–Crippen MR) is 94.5 cm³/mol. The molecular formula is C17H22FN3S. The summed E-state index contributed by atoms with van der Waals surface area (Å²) >= 11 is 4.55. The van der Waals surface area contributed by atoms with Gasteiger partial charge >= 0.3 is 0 Å². The van der Waals surface area contributed by atoms with Crippen molar-refractivity contribution >= 4 is 24.0 Å². The SMILES string of the molecule is C=CCN1C=CC(S)c2cc(F)c(N3CCNCC3C)cc21. The lowest BCUT2D eigenvalue weighted by Gasteiger charge is -2.37. The van der Waals surface area contributed by atoms with Crippen molar-refractivity contribution in [3.8, 4) is 0 Å². The maximum Gasteiger partial charge on any atom is 0.146 e. The van der Waals surface area contributed by atoms with Crippen LogP contribution in [0.3, 0.4) is 0 Å². The fraction of sp³-hybridized carbons (Fsp3) is 0.412. The summed E-state index contributed by atoms with van der Waals surface area (Å²) in [6.45, 7) is 9.20. The van der Waals surface area contributed by atoms with E-state index in [4.69, 9.17) is 0 Å². The predicted octanol–water partition coefficient (Wildman–Crippen LogP) is 3.11. The molecule has 0 bridgehead atoms. The number of nitrogens with one attached hydrogen (secondary N) is 1. The van der Waals surface area contributed by atoms with Gasteiger partial charge in [-0.25, -0.2) is 4.39 Å². The van der Waals surface area contributed by atoms with Crippen molar-refractivity contribution in [2.75, 3.05) is 36.0 Å². The number of thiol groups is 1. The van der Waals surface area contributed by atoms with E-state index < -0.39 is 0 Å². The van der Waals surface area contributed by atoms with Crippen molar-refractivity contribution in [2.45, 2.75) is 18.2 Å². The van der Waals surface area contributed by atoms with Gasteiger partial charge in [0, 0.05) is 49.4 Å². The van der Waals surface area contributed by atoms with Crippen LogP contribution >= 0.6 is 12.6 Å². The van der Waals surface area contributed by atoms with Crippen molar-refractivity contribution in [3.63, 3.8) is 0 Å². The highest BCUT2D eigenvalue weighted by Gasteiger charge is 2.26. The third-order valence-electron chi connectivity index (χ3n) is 4.31. The first-order valence-corrected chi connectivity index (χ1v) is 8.18. The van der Waals surface area contributed by atoms with E-state index in [1.807, 2.05) is 24.4 Å². The Hall–Kier alpha value is -1.46. The Kier molecular flexibility index (Phi) is 4.45. The van der Waals surface area contributed by atoms with Gasteiger partial charge in [0.2, 0.25) is 0 Å². The molecule has 3 nitrogen and oxygen atoms in total. The van der Waals surface area contributed by atoms with Gasteiger partial charge in [0.05, 0.1) is 5.69 Å². The first-order valence-electron chi connectivity index (χ1n) is 7.66. The molecule has 1 saturated heterocycles. The Morgan fingerprint density at radius 1 is 1.45 bits per heavy atom. The topological polar surface area (TPSA) is 18.5 Å². The summed E-state index contributed by atoms with van der Waals surface area (Å²) in [6.07, 6.45) is 5.83. The van der Waals surface area contributed by atoms with Crippen molar-refractivity contribution < 1.29 is 4.39 Å². The lowest BCUT2D eigenvalue weighted by atomic mass is 10.0. The van der Waals surface area contributed by atoms with Crippen LogP contribution in [-0.4, -0.2) is 32.2 Å². The molecule has 1 aromatic rings. The molecule has 1 aromatic carbocycles. The monoisotopic (exact) mass is 319 g/mol. The number of anilines is 2. The quantitative estimate of drug-likeness (QED) is 0.659. The molecule has 0 aromatic heterocycles. The molecule has 2 aliphatic rings. The van der Waals surface area contributed by atoms with E-state index in [9.17, 15) is 4.39 Å². The molecule has 0 aliphatic carbocycles. The maximum absolute atomic E-state index is 14.7. The number of piperazine rings is 1. The Labute approximate surface area is 136 Å². The van der Waals surface area contributed by atoms with Crippen LogP contribution in [0.25, 0.3) is 0 Å². The van der Waals surface area contributed by atoms with Crippen LogP contribution in [0.1, 0.15) is 17.7 Å². The van der Waals surface area contributed by atoms with Gasteiger partial charge in [0.25, 0.3) is 0 Å². The third-order valence-corrected chi connectivity index (χ3v) is 4.76. The minimum atomic E-state index is -0.166. The van der Waals surface area contributed by atoms with Crippen molar-refractivity contribution in [1.29, 1.82) is 0 Å². The minimum absolute atomic E-state index is 0.0694. The molecule has 2 heterocycles. The third kappa shape index (κ3) is 2.75. The summed E-state index contributed by atoms with van der Waals surface area (Å²) in [5, 5.41) is 3.27. The average Bonchev–Trinajstić information content (AvgIpc) is 2.51. The molecule has 2 atom stereocenters. The van der Waals surface area contributed by atoms with Gasteiger partial charge < -0.3 is 15.1 Å². The van der Waals surface area contributed by atoms with Crippen LogP contribution in [0.5, 0.6) is 0 Å². The van der Waals surface area contributed by atoms with Crippen molar-refractivity contribution in [2.24, 2.45) is 0 Å². The van der Waals surface area contributed by atoms with Crippen LogP contribution in [-0.2, 0) is 0 Å². The number of halogens is 1. The Morgan fingerprint density at radius 2 is 2.27 bits per heavy atom. The van der Waals surface area contributed by atoms with E-state index in [0.717, 1.165) is 30.9 Å². The molecule has 3 rings (SSSR count). The number of rotatable bonds is 3. The molecule has 1 fully saturated rings. The normalized spacial score (nSPS) is 24.3. The average molecular weight is 319 g/mol. The molecule has 2 aliphatic heterocycles. The fourth-order valence-corrected chi connectivity index (χ4v) is 3.42. The zero-order chi connectivity index (χ0) is 15.7. The molecule has 1 N–H and O–H groups in total. The summed E-state index contributed by atoms with van der Waals surface area (Å²) in [4.78, 5) is 4.23. The molecule has 0 spiro atoms. The zero-order valence-corrected chi connectivity index (χ0v) is 13.7. The minimum Gasteiger partial charge on any atom is -0.364 e. The summed E-state index contributed by atoms with van der Waals surface area (Å²) in [7, 11) is 0. The van der Waals surface area contributed by atoms with Crippen LogP contribution in [0.2, 0.25) is 0 Å². The van der Waals surface area contributed by atoms with Gasteiger partial charge in [0.15, 0.2) is 0 Å². The number of hydrogen-bond acceptors (Lipinski definition) is 4. The molecular weight excluding hydrogens is 297 g/mol. The van der Waals surface area contributed by atoms with Crippen molar-refractivity contribution in [3.05, 3.63) is 48.4 Å². The van der Waals surface area contributed by atoms with Crippen LogP contribution in [0.15, 0.2) is 37.1 Å². The van der Waals surface area contributed by atoms with E-state index in [0.29, 0.717) is 12.2 Å². The number of nitrogens with zero attached hydrogens (tertiary/aromatic N) is 2. The Bertz CT molecular complexity index is 602. The molecule has 22 heavy (non-hydrogen) atoms. The molecule has 2 unspecified atom stereocenters. The number of benzene rings is 1. The van der Waals surface area contributed by atoms with Gasteiger partial charge in [-0.15, -0.1) is 6.58 Å². The summed E-state index contributed by atoms with van der Waals surface area (Å²) in [6, 6.07) is 3.87. The smallest absolute Gasteiger partial charge is 0.146 e. The molecule has 0 saturated carbocycles. The standard InChI is InChI=1S/C17H22FN3S/c1-3-6-20-7-4-17(22)13-9-14(18)16(10-15(13)20)21-8-5-19-11-12(21)2/h3-4,7,9-10,12,17,19,22H,1,5-6,8,11H2,2H3. The second kappa shape index (κ2) is 6.34. The van der Waals surface area contributed by atoms with E-state index in [1.54, 1.807) is 6.07 Å². The van der Waals surface area contributed by atoms with E-state index >= 15 is 0 Å². The van der Waals surface area contributed by atoms with Crippen LogP contribution < -0.4 is 15.1 Å². The Morgan fingerprint density at radius 3 is 3.00 bits per heavy atom. The second-order valence-corrected chi connectivity index (χ2v) is 6.39. The maximum atomic E-state index is 14.7. The summed E-state index contributed by atoms with van der Waals surface area (Å²) in [5.74, 6) is -0.166. The highest BCUT2D eigenvalue weighted by molar-refractivity contribution is 7.80. The second-order valence-electron chi connectivity index (χ2n) is 5.84. The van der Waals surface area contributed by atoms with E-state index in [-0.39, 0.29) is 17.1 Å². The highest BCUT2D eigenvalue weighted by atomic mass is 32.1. The van der Waals surface area contributed by atoms with Gasteiger partial charge in [-0.3, -0.25) is 0 Å². The largest absolute Gasteiger partial charge is 0.364 e. The number of hydrogen-bond donors (Lipinski definition) is 2. The molecule has 0 amide bonds. The van der Waals surface area contributed by atoms with Gasteiger partial charge in [-0.05, 0) is 24.6 Å². The zero-order valence-electron chi connectivity index (χ0n) is 12.8. The van der Waals surface area contributed by atoms with Gasteiger partial charge in [-0.1, -0.05) is 12.2 Å². The summed E-state index contributed by atoms with van der Waals surface area (Å²) in [5.41, 5.74) is 2.61. The highest BCUT2D eigenvalue weighted by Crippen LogP contribution is 2.40. The summed E-state index contributed by atoms with van der Waals surface area (Å²) < 4.78 is 14.7. The lowest BCUT2D eigenvalue weighted by molar-refractivity contribution is 0.490. The van der Waals surface area contributed by atoms with Gasteiger partial charge in [-0.2, -0.15) is 12.6 Å². The fourth-order valence-electron chi connectivity index (χ4n) is 3.14. The lowest BCUT2D eigenvalue weighted by Crippen LogP contribution is -2.50. The van der Waals surface area contributed by atoms with Crippen LogP contribution in [0, 0.1) is 5.82 Å². The molecule has 118 valence electrons. The Balaban J connectivity index is 2.03. The molecule has 5 heteroatoms. The van der Waals surface area contributed by atoms with Crippen molar-refractivity contribution in [1.82, 2.24) is 5.32 Å². The van der Waals surface area contributed by atoms with E-state index in [1.165, 1.54) is 0 Å². The van der Waals surface area contributed by atoms with Crippen LogP contribution in [0.4, 0.5) is 15.8 Å². The number of fused-ring (bicyclic) bond motifs is 1. The van der Waals surface area contributed by atoms with E-state index in [2.05, 4.69) is 41.2 Å². The molecule has 0 radical (unpaired) electrons.